The van der Waals surface area contributed by atoms with Crippen LogP contribution in [-0.4, -0.2) is 31.7 Å². The molecule has 0 aliphatic heterocycles. The molecule has 1 aromatic carbocycles. The smallest absolute Gasteiger partial charge is 0.191 e. The SMILES string of the molecule is COc1ccc(CCNC(=NCCc2ccco2)NC(C)(C)C)cc1. The van der Waals surface area contributed by atoms with Gasteiger partial charge in [-0.15, -0.1) is 0 Å². The average Bonchev–Trinajstić information content (AvgIpc) is 3.07. The van der Waals surface area contributed by atoms with E-state index in [-0.39, 0.29) is 5.54 Å². The van der Waals surface area contributed by atoms with E-state index in [0.29, 0.717) is 6.54 Å². The van der Waals surface area contributed by atoms with Crippen molar-refractivity contribution in [2.75, 3.05) is 20.2 Å². The Morgan fingerprint density at radius 2 is 1.88 bits per heavy atom. The van der Waals surface area contributed by atoms with Gasteiger partial charge in [0.25, 0.3) is 0 Å². The molecule has 0 spiro atoms. The lowest BCUT2D eigenvalue weighted by molar-refractivity contribution is 0.414. The van der Waals surface area contributed by atoms with Gasteiger partial charge in [-0.05, 0) is 57.0 Å². The summed E-state index contributed by atoms with van der Waals surface area (Å²) in [5, 5.41) is 6.84. The Balaban J connectivity index is 1.86. The first-order chi connectivity index (χ1) is 12.0. The standard InChI is InChI=1S/C20H29N3O2/c1-20(2,3)23-19(22-14-12-18-6-5-15-25-18)21-13-11-16-7-9-17(24-4)10-8-16/h5-10,15H,11-14H2,1-4H3,(H2,21,22,23). The highest BCUT2D eigenvalue weighted by Gasteiger charge is 2.12. The Bertz CT molecular complexity index is 641. The Morgan fingerprint density at radius 3 is 2.48 bits per heavy atom. The van der Waals surface area contributed by atoms with E-state index in [1.807, 2.05) is 24.3 Å². The number of nitrogens with zero attached hydrogens (tertiary/aromatic N) is 1. The summed E-state index contributed by atoms with van der Waals surface area (Å²) >= 11 is 0. The molecule has 5 heteroatoms. The van der Waals surface area contributed by atoms with Gasteiger partial charge in [0, 0.05) is 25.0 Å². The van der Waals surface area contributed by atoms with Crippen molar-refractivity contribution in [3.8, 4) is 5.75 Å². The number of hydrogen-bond acceptors (Lipinski definition) is 3. The predicted molar refractivity (Wildman–Crippen MR) is 102 cm³/mol. The lowest BCUT2D eigenvalue weighted by Gasteiger charge is -2.24. The van der Waals surface area contributed by atoms with Crippen LogP contribution in [0.1, 0.15) is 32.1 Å². The van der Waals surface area contributed by atoms with Gasteiger partial charge in [-0.1, -0.05) is 12.1 Å². The maximum atomic E-state index is 5.35. The molecule has 1 aromatic heterocycles. The Labute approximate surface area is 150 Å². The number of hydrogen-bond donors (Lipinski definition) is 2. The molecule has 0 saturated heterocycles. The number of furan rings is 1. The summed E-state index contributed by atoms with van der Waals surface area (Å²) in [4.78, 5) is 4.66. The molecule has 2 N–H and O–H groups in total. The zero-order chi connectivity index (χ0) is 18.1. The van der Waals surface area contributed by atoms with Crippen molar-refractivity contribution in [3.05, 3.63) is 54.0 Å². The normalized spacial score (nSPS) is 12.1. The maximum Gasteiger partial charge on any atom is 0.191 e. The third kappa shape index (κ3) is 7.33. The van der Waals surface area contributed by atoms with Crippen LogP contribution in [0.4, 0.5) is 0 Å². The summed E-state index contributed by atoms with van der Waals surface area (Å²) in [6.07, 6.45) is 3.41. The molecular weight excluding hydrogens is 314 g/mol. The Morgan fingerprint density at radius 1 is 1.12 bits per heavy atom. The second-order valence-corrected chi connectivity index (χ2v) is 6.96. The molecule has 0 amide bonds. The number of nitrogens with one attached hydrogen (secondary N) is 2. The summed E-state index contributed by atoms with van der Waals surface area (Å²) in [5.74, 6) is 2.66. The van der Waals surface area contributed by atoms with Gasteiger partial charge >= 0.3 is 0 Å². The number of methoxy groups -OCH3 is 1. The molecule has 5 nitrogen and oxygen atoms in total. The minimum Gasteiger partial charge on any atom is -0.497 e. The second-order valence-electron chi connectivity index (χ2n) is 6.96. The first-order valence-electron chi connectivity index (χ1n) is 8.68. The number of aliphatic imine (C=N–C) groups is 1. The van der Waals surface area contributed by atoms with Crippen LogP contribution in [-0.2, 0) is 12.8 Å². The van der Waals surface area contributed by atoms with Crippen LogP contribution in [0, 0.1) is 0 Å². The highest BCUT2D eigenvalue weighted by molar-refractivity contribution is 5.80. The van der Waals surface area contributed by atoms with Gasteiger partial charge in [0.1, 0.15) is 11.5 Å². The molecule has 0 radical (unpaired) electrons. The van der Waals surface area contributed by atoms with Crippen molar-refractivity contribution >= 4 is 5.96 Å². The number of guanidine groups is 1. The molecule has 0 atom stereocenters. The van der Waals surface area contributed by atoms with E-state index in [0.717, 1.165) is 36.9 Å². The van der Waals surface area contributed by atoms with E-state index in [1.165, 1.54) is 5.56 Å². The van der Waals surface area contributed by atoms with Gasteiger partial charge in [0.2, 0.25) is 0 Å². The molecule has 0 unspecified atom stereocenters. The topological polar surface area (TPSA) is 58.8 Å². The van der Waals surface area contributed by atoms with Gasteiger partial charge in [-0.3, -0.25) is 4.99 Å². The summed E-state index contributed by atoms with van der Waals surface area (Å²) < 4.78 is 10.5. The summed E-state index contributed by atoms with van der Waals surface area (Å²) in [7, 11) is 1.68. The Kier molecular flexibility index (Phi) is 6.92. The van der Waals surface area contributed by atoms with Gasteiger partial charge in [-0.25, -0.2) is 0 Å². The van der Waals surface area contributed by atoms with Crippen molar-refractivity contribution in [3.63, 3.8) is 0 Å². The van der Waals surface area contributed by atoms with Crippen LogP contribution >= 0.6 is 0 Å². The van der Waals surface area contributed by atoms with Crippen molar-refractivity contribution < 1.29 is 9.15 Å². The zero-order valence-electron chi connectivity index (χ0n) is 15.6. The van der Waals surface area contributed by atoms with Gasteiger partial charge in [0.05, 0.1) is 13.4 Å². The minimum absolute atomic E-state index is 0.0450. The number of ether oxygens (including phenoxy) is 1. The lowest BCUT2D eigenvalue weighted by Crippen LogP contribution is -2.48. The molecule has 1 heterocycles. The zero-order valence-corrected chi connectivity index (χ0v) is 15.6. The maximum absolute atomic E-state index is 5.35. The second kappa shape index (κ2) is 9.16. The van der Waals surface area contributed by atoms with E-state index in [1.54, 1.807) is 13.4 Å². The van der Waals surface area contributed by atoms with E-state index in [2.05, 4.69) is 48.5 Å². The summed E-state index contributed by atoms with van der Waals surface area (Å²) in [6.45, 7) is 7.87. The van der Waals surface area contributed by atoms with Crippen LogP contribution in [0.2, 0.25) is 0 Å². The largest absolute Gasteiger partial charge is 0.497 e. The van der Waals surface area contributed by atoms with E-state index < -0.39 is 0 Å². The molecule has 25 heavy (non-hydrogen) atoms. The molecule has 0 saturated carbocycles. The molecule has 2 rings (SSSR count). The fourth-order valence-corrected chi connectivity index (χ4v) is 2.35. The third-order valence-corrected chi connectivity index (χ3v) is 3.57. The van der Waals surface area contributed by atoms with Crippen LogP contribution in [0.15, 0.2) is 52.1 Å². The average molecular weight is 343 g/mol. The quantitative estimate of drug-likeness (QED) is 0.597. The monoisotopic (exact) mass is 343 g/mol. The van der Waals surface area contributed by atoms with Crippen LogP contribution < -0.4 is 15.4 Å². The van der Waals surface area contributed by atoms with Crippen molar-refractivity contribution in [2.24, 2.45) is 4.99 Å². The van der Waals surface area contributed by atoms with Crippen LogP contribution in [0.5, 0.6) is 5.75 Å². The first kappa shape index (κ1) is 18.9. The van der Waals surface area contributed by atoms with Crippen molar-refractivity contribution in [2.45, 2.75) is 39.2 Å². The summed E-state index contributed by atoms with van der Waals surface area (Å²) in [6, 6.07) is 12.0. The predicted octanol–water partition coefficient (Wildman–Crippen LogP) is 3.41. The fraction of sp³-hybridized carbons (Fsp3) is 0.450. The van der Waals surface area contributed by atoms with E-state index >= 15 is 0 Å². The summed E-state index contributed by atoms with van der Waals surface area (Å²) in [5.41, 5.74) is 1.22. The number of rotatable bonds is 7. The van der Waals surface area contributed by atoms with Gasteiger partial charge < -0.3 is 19.8 Å². The fourth-order valence-electron chi connectivity index (χ4n) is 2.35. The molecule has 0 aliphatic carbocycles. The molecule has 2 aromatic rings. The third-order valence-electron chi connectivity index (χ3n) is 3.57. The number of benzene rings is 1. The van der Waals surface area contributed by atoms with Crippen LogP contribution in [0.25, 0.3) is 0 Å². The molecule has 136 valence electrons. The highest BCUT2D eigenvalue weighted by Crippen LogP contribution is 2.11. The van der Waals surface area contributed by atoms with Crippen LogP contribution in [0.3, 0.4) is 0 Å². The van der Waals surface area contributed by atoms with Crippen molar-refractivity contribution in [1.29, 1.82) is 0 Å². The van der Waals surface area contributed by atoms with E-state index in [4.69, 9.17) is 9.15 Å². The molecule has 0 aliphatic rings. The highest BCUT2D eigenvalue weighted by atomic mass is 16.5. The van der Waals surface area contributed by atoms with Crippen molar-refractivity contribution in [1.82, 2.24) is 10.6 Å². The lowest BCUT2D eigenvalue weighted by atomic mass is 10.1. The van der Waals surface area contributed by atoms with Gasteiger partial charge in [0.15, 0.2) is 5.96 Å². The van der Waals surface area contributed by atoms with E-state index in [9.17, 15) is 0 Å². The Hall–Kier alpha value is -2.43. The molecular formula is C20H29N3O2. The molecule has 0 bridgehead atoms. The minimum atomic E-state index is -0.0450. The van der Waals surface area contributed by atoms with Gasteiger partial charge in [-0.2, -0.15) is 0 Å². The molecule has 0 fully saturated rings. The first-order valence-corrected chi connectivity index (χ1v) is 8.68.